The Morgan fingerprint density at radius 3 is 2.43 bits per heavy atom. The van der Waals surface area contributed by atoms with Gasteiger partial charge in [0, 0.05) is 11.6 Å². The van der Waals surface area contributed by atoms with Gasteiger partial charge in [0.1, 0.15) is 22.6 Å². The normalized spacial score (nSPS) is 10.4. The number of aromatic hydroxyl groups is 3. The molecule has 7 nitrogen and oxygen atoms in total. The van der Waals surface area contributed by atoms with E-state index < -0.39 is 34.4 Å². The van der Waals surface area contributed by atoms with E-state index >= 15 is 0 Å². The van der Waals surface area contributed by atoms with Crippen LogP contribution in [-0.2, 0) is 4.74 Å². The molecule has 110 valence electrons. The molecule has 0 fully saturated rings. The Morgan fingerprint density at radius 2 is 1.86 bits per heavy atom. The summed E-state index contributed by atoms with van der Waals surface area (Å²) in [5.74, 6) is -2.52. The van der Waals surface area contributed by atoms with E-state index in [-0.39, 0.29) is 16.9 Å². The number of ether oxygens (including phenoxy) is 1. The highest BCUT2D eigenvalue weighted by atomic mass is 16.5. The first-order valence-corrected chi connectivity index (χ1v) is 5.84. The molecule has 21 heavy (non-hydrogen) atoms. The fourth-order valence-electron chi connectivity index (χ4n) is 1.94. The zero-order valence-electron chi connectivity index (χ0n) is 11.2. The van der Waals surface area contributed by atoms with Crippen LogP contribution in [0.1, 0.15) is 16.1 Å². The first-order chi connectivity index (χ1) is 9.86. The lowest BCUT2D eigenvalue weighted by Crippen LogP contribution is -2.10. The van der Waals surface area contributed by atoms with Crippen molar-refractivity contribution in [1.82, 2.24) is 0 Å². The molecular formula is C14H12O7. The maximum Gasteiger partial charge on any atom is 0.347 e. The monoisotopic (exact) mass is 292 g/mol. The van der Waals surface area contributed by atoms with Gasteiger partial charge in [0.15, 0.2) is 11.5 Å². The van der Waals surface area contributed by atoms with E-state index in [9.17, 15) is 24.9 Å². The highest BCUT2D eigenvalue weighted by Gasteiger charge is 2.25. The van der Waals surface area contributed by atoms with E-state index in [1.165, 1.54) is 19.1 Å². The smallest absolute Gasteiger partial charge is 0.347 e. The first-order valence-electron chi connectivity index (χ1n) is 5.84. The minimum Gasteiger partial charge on any atom is -0.507 e. The molecule has 0 bridgehead atoms. The molecule has 0 aliphatic carbocycles. The molecule has 2 aromatic rings. The van der Waals surface area contributed by atoms with Gasteiger partial charge >= 0.3 is 11.6 Å². The summed E-state index contributed by atoms with van der Waals surface area (Å²) in [5.41, 5.74) is -1.74. The van der Waals surface area contributed by atoms with Crippen molar-refractivity contribution in [3.63, 3.8) is 0 Å². The van der Waals surface area contributed by atoms with E-state index in [1.807, 2.05) is 0 Å². The largest absolute Gasteiger partial charge is 0.507 e. The van der Waals surface area contributed by atoms with E-state index in [0.29, 0.717) is 0 Å². The van der Waals surface area contributed by atoms with Gasteiger partial charge < -0.3 is 24.5 Å². The van der Waals surface area contributed by atoms with Gasteiger partial charge in [-0.15, -0.1) is 0 Å². The van der Waals surface area contributed by atoms with Crippen molar-refractivity contribution in [2.75, 3.05) is 7.11 Å². The van der Waals surface area contributed by atoms with Gasteiger partial charge in [-0.2, -0.15) is 0 Å². The Kier molecular flexibility index (Phi) is 3.58. The number of carbonyl (C=O) groups is 1. The van der Waals surface area contributed by atoms with Crippen LogP contribution >= 0.6 is 0 Å². The zero-order valence-corrected chi connectivity index (χ0v) is 11.2. The fraction of sp³-hybridized carbons (Fsp3) is 0.143. The van der Waals surface area contributed by atoms with Crippen LogP contribution in [-0.4, -0.2) is 28.4 Å². The Hall–Kier alpha value is -2.96. The van der Waals surface area contributed by atoms with E-state index in [1.54, 1.807) is 0 Å². The maximum absolute atomic E-state index is 11.9. The van der Waals surface area contributed by atoms with Crippen molar-refractivity contribution in [1.29, 1.82) is 0 Å². The molecule has 0 atom stereocenters. The number of aryl methyl sites for hydroxylation is 1. The summed E-state index contributed by atoms with van der Waals surface area (Å²) in [6.45, 7) is 1.47. The van der Waals surface area contributed by atoms with Gasteiger partial charge in [0.05, 0.1) is 7.11 Å². The van der Waals surface area contributed by atoms with Gasteiger partial charge in [0.2, 0.25) is 0 Å². The zero-order chi connectivity index (χ0) is 15.7. The summed E-state index contributed by atoms with van der Waals surface area (Å²) in [4.78, 5) is 23.7. The molecule has 1 aromatic carbocycles. The number of methoxy groups -OCH3 is 1. The van der Waals surface area contributed by atoms with Crippen LogP contribution in [0.15, 0.2) is 27.4 Å². The van der Waals surface area contributed by atoms with Crippen molar-refractivity contribution in [2.24, 2.45) is 0 Å². The number of rotatable bonds is 2. The molecule has 0 saturated carbocycles. The Morgan fingerprint density at radius 1 is 1.19 bits per heavy atom. The van der Waals surface area contributed by atoms with Crippen molar-refractivity contribution in [3.8, 4) is 28.4 Å². The topological polar surface area (TPSA) is 117 Å². The van der Waals surface area contributed by atoms with Gasteiger partial charge in [0.25, 0.3) is 0 Å². The number of esters is 1. The molecule has 1 aromatic heterocycles. The number of hydrogen-bond donors (Lipinski definition) is 3. The lowest BCUT2D eigenvalue weighted by atomic mass is 9.99. The lowest BCUT2D eigenvalue weighted by Gasteiger charge is -2.11. The predicted molar refractivity (Wildman–Crippen MR) is 71.5 cm³/mol. The van der Waals surface area contributed by atoms with Gasteiger partial charge in [-0.25, -0.2) is 9.59 Å². The maximum atomic E-state index is 11.9. The van der Waals surface area contributed by atoms with Crippen molar-refractivity contribution in [3.05, 3.63) is 39.9 Å². The Balaban J connectivity index is 2.86. The van der Waals surface area contributed by atoms with Crippen molar-refractivity contribution in [2.45, 2.75) is 6.92 Å². The molecule has 7 heteroatoms. The Bertz CT molecular complexity index is 774. The summed E-state index contributed by atoms with van der Waals surface area (Å²) < 4.78 is 9.38. The first kappa shape index (κ1) is 14.4. The molecule has 0 radical (unpaired) electrons. The average molecular weight is 292 g/mol. The molecule has 1 heterocycles. The van der Waals surface area contributed by atoms with Crippen molar-refractivity contribution < 1.29 is 29.3 Å². The molecule has 0 unspecified atom stereocenters. The number of hydrogen-bond acceptors (Lipinski definition) is 7. The lowest BCUT2D eigenvalue weighted by molar-refractivity contribution is 0.0597. The quantitative estimate of drug-likeness (QED) is 0.567. The highest BCUT2D eigenvalue weighted by Crippen LogP contribution is 2.38. The van der Waals surface area contributed by atoms with Gasteiger partial charge in [-0.05, 0) is 19.1 Å². The standard InChI is InChI=1S/C14H12O7/c1-6-5-9(16)10(14(19)21-6)7-3-4-8(15)12(17)11(7)13(18)20-2/h3-5,15-17H,1-2H3. The number of phenols is 2. The van der Waals surface area contributed by atoms with Crippen LogP contribution in [0, 0.1) is 6.92 Å². The molecule has 2 rings (SSSR count). The molecule has 0 spiro atoms. The third-order valence-corrected chi connectivity index (χ3v) is 2.87. The fourth-order valence-corrected chi connectivity index (χ4v) is 1.94. The van der Waals surface area contributed by atoms with Crippen LogP contribution < -0.4 is 5.63 Å². The number of benzene rings is 1. The SMILES string of the molecule is COC(=O)c1c(-c2c(O)cc(C)oc2=O)ccc(O)c1O. The summed E-state index contributed by atoms with van der Waals surface area (Å²) in [5, 5.41) is 29.2. The molecule has 0 aliphatic heterocycles. The molecule has 0 amide bonds. The summed E-state index contributed by atoms with van der Waals surface area (Å²) in [7, 11) is 1.08. The van der Waals surface area contributed by atoms with Gasteiger partial charge in [-0.1, -0.05) is 0 Å². The Labute approximate surface area is 118 Å². The van der Waals surface area contributed by atoms with Crippen LogP contribution in [0.2, 0.25) is 0 Å². The predicted octanol–water partition coefficient (Wildman–Crippen LogP) is 1.52. The third kappa shape index (κ3) is 2.40. The third-order valence-electron chi connectivity index (χ3n) is 2.87. The second-order valence-corrected chi connectivity index (χ2v) is 4.25. The second kappa shape index (κ2) is 5.20. The minimum atomic E-state index is -0.974. The van der Waals surface area contributed by atoms with E-state index in [2.05, 4.69) is 4.74 Å². The summed E-state index contributed by atoms with van der Waals surface area (Å²) >= 11 is 0. The number of carbonyl (C=O) groups excluding carboxylic acids is 1. The molecule has 3 N–H and O–H groups in total. The second-order valence-electron chi connectivity index (χ2n) is 4.25. The molecule has 0 saturated heterocycles. The van der Waals surface area contributed by atoms with Crippen LogP contribution in [0.3, 0.4) is 0 Å². The molecular weight excluding hydrogens is 280 g/mol. The highest BCUT2D eigenvalue weighted by molar-refractivity contribution is 6.01. The van der Waals surface area contributed by atoms with Crippen LogP contribution in [0.5, 0.6) is 17.2 Å². The van der Waals surface area contributed by atoms with Gasteiger partial charge in [-0.3, -0.25) is 0 Å². The van der Waals surface area contributed by atoms with Crippen molar-refractivity contribution >= 4 is 5.97 Å². The average Bonchev–Trinajstić information content (AvgIpc) is 2.41. The van der Waals surface area contributed by atoms with Crippen LogP contribution in [0.4, 0.5) is 0 Å². The van der Waals surface area contributed by atoms with E-state index in [0.717, 1.165) is 13.2 Å². The summed E-state index contributed by atoms with van der Waals surface area (Å²) in [6.07, 6.45) is 0. The number of phenolic OH excluding ortho intramolecular Hbond substituents is 2. The summed E-state index contributed by atoms with van der Waals surface area (Å²) in [6, 6.07) is 3.47. The molecule has 0 aliphatic rings. The minimum absolute atomic E-state index is 0.108. The van der Waals surface area contributed by atoms with E-state index in [4.69, 9.17) is 4.42 Å². The van der Waals surface area contributed by atoms with Crippen LogP contribution in [0.25, 0.3) is 11.1 Å².